The highest BCUT2D eigenvalue weighted by molar-refractivity contribution is 9.10. The molecule has 2 aromatic heterocycles. The van der Waals surface area contributed by atoms with Crippen molar-refractivity contribution in [3.8, 4) is 0 Å². The molecule has 0 amide bonds. The molecule has 0 saturated heterocycles. The first-order valence-electron chi connectivity index (χ1n) is 5.04. The Kier molecular flexibility index (Phi) is 2.38. The molecule has 2 aromatic rings. The van der Waals surface area contributed by atoms with Crippen molar-refractivity contribution in [1.82, 2.24) is 9.55 Å². The van der Waals surface area contributed by atoms with Crippen LogP contribution in [-0.2, 0) is 5.54 Å². The van der Waals surface area contributed by atoms with E-state index < -0.39 is 0 Å². The molecular formula is C12H15BrN2. The van der Waals surface area contributed by atoms with E-state index in [1.54, 1.807) is 0 Å². The minimum absolute atomic E-state index is 0.0606. The molecular weight excluding hydrogens is 252 g/mol. The van der Waals surface area contributed by atoms with Gasteiger partial charge in [0.25, 0.3) is 0 Å². The highest BCUT2D eigenvalue weighted by atomic mass is 79.9. The maximum absolute atomic E-state index is 4.46. The average Bonchev–Trinajstić information content (AvgIpc) is 2.44. The third-order valence-corrected chi connectivity index (χ3v) is 3.17. The minimum atomic E-state index is 0.0606. The van der Waals surface area contributed by atoms with Crippen LogP contribution in [0.3, 0.4) is 0 Å². The Morgan fingerprint density at radius 3 is 2.60 bits per heavy atom. The normalized spacial score (nSPS) is 12.3. The van der Waals surface area contributed by atoms with Gasteiger partial charge in [0, 0.05) is 27.8 Å². The third kappa shape index (κ3) is 1.69. The van der Waals surface area contributed by atoms with Crippen LogP contribution >= 0.6 is 15.9 Å². The lowest BCUT2D eigenvalue weighted by molar-refractivity contribution is 0.408. The van der Waals surface area contributed by atoms with E-state index in [1.807, 2.05) is 12.3 Å². The predicted molar refractivity (Wildman–Crippen MR) is 67.2 cm³/mol. The van der Waals surface area contributed by atoms with E-state index >= 15 is 0 Å². The highest BCUT2D eigenvalue weighted by Crippen LogP contribution is 2.31. The van der Waals surface area contributed by atoms with Gasteiger partial charge in [0.15, 0.2) is 0 Å². The van der Waals surface area contributed by atoms with Crippen molar-refractivity contribution in [2.24, 2.45) is 0 Å². The number of hydrogen-bond acceptors (Lipinski definition) is 1. The summed E-state index contributed by atoms with van der Waals surface area (Å²) in [4.78, 5) is 4.46. The van der Waals surface area contributed by atoms with E-state index in [-0.39, 0.29) is 5.54 Å². The van der Waals surface area contributed by atoms with Crippen molar-refractivity contribution < 1.29 is 0 Å². The third-order valence-electron chi connectivity index (χ3n) is 2.57. The SMILES string of the molecule is Cc1ccnc2c1c(Br)cn2C(C)(C)C. The van der Waals surface area contributed by atoms with E-state index in [0.29, 0.717) is 0 Å². The average molecular weight is 267 g/mol. The van der Waals surface area contributed by atoms with Gasteiger partial charge in [-0.15, -0.1) is 0 Å². The van der Waals surface area contributed by atoms with Gasteiger partial charge in [-0.2, -0.15) is 0 Å². The van der Waals surface area contributed by atoms with E-state index in [2.05, 4.69) is 59.4 Å². The van der Waals surface area contributed by atoms with Gasteiger partial charge in [0.05, 0.1) is 0 Å². The van der Waals surface area contributed by atoms with Gasteiger partial charge < -0.3 is 4.57 Å². The second kappa shape index (κ2) is 3.34. The van der Waals surface area contributed by atoms with E-state index in [0.717, 1.165) is 10.1 Å². The Hall–Kier alpha value is -0.830. The van der Waals surface area contributed by atoms with Crippen LogP contribution in [0.5, 0.6) is 0 Å². The zero-order valence-corrected chi connectivity index (χ0v) is 11.1. The lowest BCUT2D eigenvalue weighted by Gasteiger charge is -2.21. The predicted octanol–water partition coefficient (Wildman–Crippen LogP) is 3.86. The Morgan fingerprint density at radius 2 is 2.00 bits per heavy atom. The van der Waals surface area contributed by atoms with Crippen molar-refractivity contribution in [2.75, 3.05) is 0 Å². The quantitative estimate of drug-likeness (QED) is 0.708. The van der Waals surface area contributed by atoms with E-state index in [4.69, 9.17) is 0 Å². The fraction of sp³-hybridized carbons (Fsp3) is 0.417. The number of pyridine rings is 1. The zero-order valence-electron chi connectivity index (χ0n) is 9.50. The lowest BCUT2D eigenvalue weighted by Crippen LogP contribution is -2.20. The second-order valence-corrected chi connectivity index (χ2v) is 5.70. The topological polar surface area (TPSA) is 17.8 Å². The molecule has 0 fully saturated rings. The van der Waals surface area contributed by atoms with Gasteiger partial charge in [0.1, 0.15) is 5.65 Å². The Labute approximate surface area is 98.4 Å². The highest BCUT2D eigenvalue weighted by Gasteiger charge is 2.18. The maximum atomic E-state index is 4.46. The first-order chi connectivity index (χ1) is 6.91. The summed E-state index contributed by atoms with van der Waals surface area (Å²) < 4.78 is 3.33. The van der Waals surface area contributed by atoms with Gasteiger partial charge in [-0.1, -0.05) is 0 Å². The summed E-state index contributed by atoms with van der Waals surface area (Å²) >= 11 is 3.60. The summed E-state index contributed by atoms with van der Waals surface area (Å²) in [5.74, 6) is 0. The molecule has 0 aliphatic heterocycles. The molecule has 0 saturated carbocycles. The molecule has 0 N–H and O–H groups in total. The smallest absolute Gasteiger partial charge is 0.141 e. The Bertz CT molecular complexity index is 506. The Morgan fingerprint density at radius 1 is 1.33 bits per heavy atom. The minimum Gasteiger partial charge on any atom is -0.326 e. The van der Waals surface area contributed by atoms with Crippen LogP contribution in [-0.4, -0.2) is 9.55 Å². The molecule has 0 bridgehead atoms. The summed E-state index contributed by atoms with van der Waals surface area (Å²) in [7, 11) is 0. The van der Waals surface area contributed by atoms with Gasteiger partial charge in [0.2, 0.25) is 0 Å². The maximum Gasteiger partial charge on any atom is 0.141 e. The molecule has 2 rings (SSSR count). The molecule has 80 valence electrons. The first-order valence-corrected chi connectivity index (χ1v) is 5.83. The molecule has 0 aliphatic carbocycles. The fourth-order valence-corrected chi connectivity index (χ4v) is 2.47. The molecule has 2 nitrogen and oxygen atoms in total. The van der Waals surface area contributed by atoms with Crippen molar-refractivity contribution in [3.05, 3.63) is 28.5 Å². The van der Waals surface area contributed by atoms with Crippen molar-refractivity contribution >= 4 is 27.0 Å². The van der Waals surface area contributed by atoms with Crippen LogP contribution in [0.2, 0.25) is 0 Å². The molecule has 0 aromatic carbocycles. The Balaban J connectivity index is 2.85. The molecule has 0 unspecified atom stereocenters. The number of halogens is 1. The van der Waals surface area contributed by atoms with Gasteiger partial charge >= 0.3 is 0 Å². The largest absolute Gasteiger partial charge is 0.326 e. The van der Waals surface area contributed by atoms with Crippen LogP contribution in [0.25, 0.3) is 11.0 Å². The molecule has 0 spiro atoms. The molecule has 2 heterocycles. The zero-order chi connectivity index (χ0) is 11.2. The number of hydrogen-bond donors (Lipinski definition) is 0. The van der Waals surface area contributed by atoms with Crippen LogP contribution < -0.4 is 0 Å². The number of rotatable bonds is 0. The number of nitrogens with zero attached hydrogens (tertiary/aromatic N) is 2. The van der Waals surface area contributed by atoms with Crippen LogP contribution in [0.15, 0.2) is 22.9 Å². The molecule has 0 aliphatic rings. The number of fused-ring (bicyclic) bond motifs is 1. The molecule has 15 heavy (non-hydrogen) atoms. The number of aryl methyl sites for hydroxylation is 1. The fourth-order valence-electron chi connectivity index (χ4n) is 1.77. The van der Waals surface area contributed by atoms with Crippen molar-refractivity contribution in [2.45, 2.75) is 33.2 Å². The summed E-state index contributed by atoms with van der Waals surface area (Å²) in [6, 6.07) is 2.04. The second-order valence-electron chi connectivity index (χ2n) is 4.84. The molecule has 3 heteroatoms. The van der Waals surface area contributed by atoms with Gasteiger partial charge in [-0.3, -0.25) is 0 Å². The van der Waals surface area contributed by atoms with Gasteiger partial charge in [-0.05, 0) is 55.3 Å². The van der Waals surface area contributed by atoms with Crippen molar-refractivity contribution in [3.63, 3.8) is 0 Å². The lowest BCUT2D eigenvalue weighted by atomic mass is 10.1. The van der Waals surface area contributed by atoms with E-state index in [1.165, 1.54) is 10.9 Å². The first kappa shape index (κ1) is 10.7. The monoisotopic (exact) mass is 266 g/mol. The summed E-state index contributed by atoms with van der Waals surface area (Å²) in [5, 5.41) is 1.22. The summed E-state index contributed by atoms with van der Waals surface area (Å²) in [5.41, 5.74) is 2.37. The standard InChI is InChI=1S/C12H15BrN2/c1-8-5-6-14-11-10(8)9(13)7-15(11)12(2,3)4/h5-7H,1-4H3. The number of aromatic nitrogens is 2. The molecule has 0 atom stereocenters. The van der Waals surface area contributed by atoms with Crippen molar-refractivity contribution in [1.29, 1.82) is 0 Å². The molecule has 0 radical (unpaired) electrons. The van der Waals surface area contributed by atoms with Gasteiger partial charge in [-0.25, -0.2) is 4.98 Å². The van der Waals surface area contributed by atoms with Crippen LogP contribution in [0, 0.1) is 6.92 Å². The van der Waals surface area contributed by atoms with E-state index in [9.17, 15) is 0 Å². The van der Waals surface area contributed by atoms with Crippen LogP contribution in [0.1, 0.15) is 26.3 Å². The summed E-state index contributed by atoms with van der Waals surface area (Å²) in [6.07, 6.45) is 3.98. The summed E-state index contributed by atoms with van der Waals surface area (Å²) in [6.45, 7) is 8.66. The van der Waals surface area contributed by atoms with Crippen LogP contribution in [0.4, 0.5) is 0 Å².